The van der Waals surface area contributed by atoms with Crippen molar-refractivity contribution in [1.29, 1.82) is 0 Å². The highest BCUT2D eigenvalue weighted by atomic mass is 16.5. The lowest BCUT2D eigenvalue weighted by atomic mass is 10.0. The molecule has 0 spiro atoms. The molecule has 0 aliphatic carbocycles. The lowest BCUT2D eigenvalue weighted by molar-refractivity contribution is 0.103. The van der Waals surface area contributed by atoms with E-state index in [1.54, 1.807) is 0 Å². The summed E-state index contributed by atoms with van der Waals surface area (Å²) in [6.07, 6.45) is 5.13. The van der Waals surface area contributed by atoms with E-state index in [1.165, 1.54) is 37.1 Å². The van der Waals surface area contributed by atoms with Crippen LogP contribution in [0.1, 0.15) is 24.8 Å². The Kier molecular flexibility index (Phi) is 3.41. The minimum absolute atomic E-state index is 0.358. The topological polar surface area (TPSA) is 24.5 Å². The fourth-order valence-electron chi connectivity index (χ4n) is 2.98. The number of rotatable bonds is 2. The fraction of sp³-hybridized carbons (Fsp3) is 0.600. The molecule has 3 nitrogen and oxygen atoms in total. The number of piperidine rings is 1. The number of fused-ring (bicyclic) bond motifs is 1. The Morgan fingerprint density at radius 3 is 3.17 bits per heavy atom. The van der Waals surface area contributed by atoms with Gasteiger partial charge < -0.3 is 15.0 Å². The van der Waals surface area contributed by atoms with E-state index in [2.05, 4.69) is 35.5 Å². The summed E-state index contributed by atoms with van der Waals surface area (Å²) in [5, 5.41) is 3.46. The van der Waals surface area contributed by atoms with Crippen molar-refractivity contribution in [2.75, 3.05) is 32.0 Å². The summed E-state index contributed by atoms with van der Waals surface area (Å²) in [4.78, 5) is 2.36. The standard InChI is InChI=1S/C15H22N2O/c1-17-10-4-5-12(11-17)18-15-8-2-7-14-13(15)6-3-9-16-14/h2,7-8,12,16H,3-6,9-11H2,1H3. The van der Waals surface area contributed by atoms with Crippen LogP contribution in [0.4, 0.5) is 5.69 Å². The molecule has 98 valence electrons. The van der Waals surface area contributed by atoms with Crippen molar-refractivity contribution in [3.63, 3.8) is 0 Å². The molecule has 3 rings (SSSR count). The normalized spacial score (nSPS) is 24.2. The van der Waals surface area contributed by atoms with Gasteiger partial charge in [0.15, 0.2) is 0 Å². The van der Waals surface area contributed by atoms with Crippen LogP contribution in [0.25, 0.3) is 0 Å². The van der Waals surface area contributed by atoms with Gasteiger partial charge in [0.25, 0.3) is 0 Å². The number of likely N-dealkylation sites (tertiary alicyclic amines) is 1. The zero-order valence-corrected chi connectivity index (χ0v) is 11.1. The summed E-state index contributed by atoms with van der Waals surface area (Å²) < 4.78 is 6.24. The van der Waals surface area contributed by atoms with Crippen LogP contribution in [0.15, 0.2) is 18.2 Å². The Labute approximate surface area is 109 Å². The second-order valence-electron chi connectivity index (χ2n) is 5.46. The molecule has 2 aliphatic heterocycles. The maximum Gasteiger partial charge on any atom is 0.125 e. The smallest absolute Gasteiger partial charge is 0.125 e. The summed E-state index contributed by atoms with van der Waals surface area (Å²) in [6, 6.07) is 6.38. The summed E-state index contributed by atoms with van der Waals surface area (Å²) >= 11 is 0. The lowest BCUT2D eigenvalue weighted by Gasteiger charge is -2.31. The Morgan fingerprint density at radius 2 is 2.28 bits per heavy atom. The van der Waals surface area contributed by atoms with E-state index in [9.17, 15) is 0 Å². The van der Waals surface area contributed by atoms with Gasteiger partial charge in [0, 0.05) is 24.3 Å². The van der Waals surface area contributed by atoms with Gasteiger partial charge in [-0.3, -0.25) is 0 Å². The van der Waals surface area contributed by atoms with E-state index in [-0.39, 0.29) is 0 Å². The third kappa shape index (κ3) is 2.46. The number of anilines is 1. The summed E-state index contributed by atoms with van der Waals surface area (Å²) in [6.45, 7) is 3.34. The molecule has 0 saturated carbocycles. The van der Waals surface area contributed by atoms with E-state index in [0.29, 0.717) is 6.10 Å². The summed E-state index contributed by atoms with van der Waals surface area (Å²) in [5.41, 5.74) is 2.64. The van der Waals surface area contributed by atoms with Gasteiger partial charge >= 0.3 is 0 Å². The average Bonchev–Trinajstić information content (AvgIpc) is 2.39. The monoisotopic (exact) mass is 246 g/mol. The highest BCUT2D eigenvalue weighted by Crippen LogP contribution is 2.32. The second-order valence-corrected chi connectivity index (χ2v) is 5.46. The van der Waals surface area contributed by atoms with Gasteiger partial charge in [-0.25, -0.2) is 0 Å². The molecule has 0 bridgehead atoms. The summed E-state index contributed by atoms with van der Waals surface area (Å²) in [5.74, 6) is 1.10. The van der Waals surface area contributed by atoms with E-state index in [0.717, 1.165) is 25.3 Å². The van der Waals surface area contributed by atoms with Crippen LogP contribution in [0, 0.1) is 0 Å². The molecule has 0 amide bonds. The molecule has 2 heterocycles. The van der Waals surface area contributed by atoms with Gasteiger partial charge in [0.1, 0.15) is 11.9 Å². The molecule has 0 radical (unpaired) electrons. The van der Waals surface area contributed by atoms with Crippen molar-refractivity contribution in [3.05, 3.63) is 23.8 Å². The zero-order valence-electron chi connectivity index (χ0n) is 11.1. The van der Waals surface area contributed by atoms with Crippen LogP contribution < -0.4 is 10.1 Å². The Bertz CT molecular complexity index is 419. The van der Waals surface area contributed by atoms with Gasteiger partial charge in [0.2, 0.25) is 0 Å². The zero-order chi connectivity index (χ0) is 12.4. The molecular weight excluding hydrogens is 224 g/mol. The van der Waals surface area contributed by atoms with Crippen LogP contribution in [0.2, 0.25) is 0 Å². The number of ether oxygens (including phenoxy) is 1. The van der Waals surface area contributed by atoms with Crippen molar-refractivity contribution in [2.45, 2.75) is 31.8 Å². The molecule has 1 unspecified atom stereocenters. The molecule has 1 aromatic carbocycles. The van der Waals surface area contributed by atoms with Crippen molar-refractivity contribution < 1.29 is 4.74 Å². The Hall–Kier alpha value is -1.22. The molecule has 1 atom stereocenters. The fourth-order valence-corrected chi connectivity index (χ4v) is 2.98. The molecule has 3 heteroatoms. The van der Waals surface area contributed by atoms with E-state index in [4.69, 9.17) is 4.74 Å². The van der Waals surface area contributed by atoms with Crippen molar-refractivity contribution in [2.24, 2.45) is 0 Å². The third-order valence-electron chi connectivity index (χ3n) is 3.93. The number of benzene rings is 1. The molecule has 0 aromatic heterocycles. The van der Waals surface area contributed by atoms with Crippen LogP contribution in [0.5, 0.6) is 5.75 Å². The van der Waals surface area contributed by atoms with Gasteiger partial charge in [-0.05, 0) is 51.4 Å². The average molecular weight is 246 g/mol. The first kappa shape index (κ1) is 11.8. The largest absolute Gasteiger partial charge is 0.489 e. The van der Waals surface area contributed by atoms with E-state index >= 15 is 0 Å². The van der Waals surface area contributed by atoms with Gasteiger partial charge in [0.05, 0.1) is 0 Å². The first-order valence-electron chi connectivity index (χ1n) is 7.04. The van der Waals surface area contributed by atoms with Gasteiger partial charge in [-0.15, -0.1) is 0 Å². The maximum absolute atomic E-state index is 6.24. The molecule has 1 saturated heterocycles. The number of likely N-dealkylation sites (N-methyl/N-ethyl adjacent to an activating group) is 1. The molecular formula is C15H22N2O. The SMILES string of the molecule is CN1CCCC(Oc2cccc3c2CCCN3)C1. The molecule has 2 aliphatic rings. The predicted molar refractivity (Wildman–Crippen MR) is 74.4 cm³/mol. The highest BCUT2D eigenvalue weighted by Gasteiger charge is 2.21. The minimum Gasteiger partial charge on any atom is -0.489 e. The number of hydrogen-bond acceptors (Lipinski definition) is 3. The van der Waals surface area contributed by atoms with Crippen molar-refractivity contribution in [3.8, 4) is 5.75 Å². The molecule has 1 N–H and O–H groups in total. The van der Waals surface area contributed by atoms with Gasteiger partial charge in [-0.2, -0.15) is 0 Å². The molecule has 1 aromatic rings. The van der Waals surface area contributed by atoms with E-state index < -0.39 is 0 Å². The second kappa shape index (κ2) is 5.19. The maximum atomic E-state index is 6.24. The number of nitrogens with zero attached hydrogens (tertiary/aromatic N) is 1. The third-order valence-corrected chi connectivity index (χ3v) is 3.93. The predicted octanol–water partition coefficient (Wildman–Crippen LogP) is 2.52. The first-order chi connectivity index (χ1) is 8.83. The van der Waals surface area contributed by atoms with Crippen LogP contribution in [0.3, 0.4) is 0 Å². The lowest BCUT2D eigenvalue weighted by Crippen LogP contribution is -2.38. The number of nitrogens with one attached hydrogen (secondary N) is 1. The first-order valence-corrected chi connectivity index (χ1v) is 7.04. The van der Waals surface area contributed by atoms with Crippen molar-refractivity contribution in [1.82, 2.24) is 4.90 Å². The van der Waals surface area contributed by atoms with Crippen LogP contribution in [-0.4, -0.2) is 37.7 Å². The van der Waals surface area contributed by atoms with Crippen LogP contribution >= 0.6 is 0 Å². The highest BCUT2D eigenvalue weighted by molar-refractivity contribution is 5.59. The number of hydrogen-bond donors (Lipinski definition) is 1. The van der Waals surface area contributed by atoms with E-state index in [1.807, 2.05) is 0 Å². The quantitative estimate of drug-likeness (QED) is 0.868. The summed E-state index contributed by atoms with van der Waals surface area (Å²) in [7, 11) is 2.18. The Balaban J connectivity index is 1.76. The molecule has 1 fully saturated rings. The minimum atomic E-state index is 0.358. The van der Waals surface area contributed by atoms with Crippen LogP contribution in [-0.2, 0) is 6.42 Å². The molecule has 18 heavy (non-hydrogen) atoms. The van der Waals surface area contributed by atoms with Gasteiger partial charge in [-0.1, -0.05) is 6.07 Å². The van der Waals surface area contributed by atoms with Crippen molar-refractivity contribution >= 4 is 5.69 Å². The Morgan fingerprint density at radius 1 is 1.33 bits per heavy atom.